The third-order valence-electron chi connectivity index (χ3n) is 5.57. The number of hydrogen-bond donors (Lipinski definition) is 2. The number of morpholine rings is 1. The van der Waals surface area contributed by atoms with Gasteiger partial charge in [-0.25, -0.2) is 0 Å². The van der Waals surface area contributed by atoms with Gasteiger partial charge in [0.25, 0.3) is 0 Å². The van der Waals surface area contributed by atoms with Crippen LogP contribution in [0.4, 0.5) is 0 Å². The van der Waals surface area contributed by atoms with Crippen LogP contribution in [0.15, 0.2) is 4.99 Å². The largest absolute Gasteiger partial charge is 0.373 e. The molecule has 0 amide bonds. The SMILES string of the molecule is CCN(CC)CCCC(C)NC(=NC)NCC1CN2CCCC2CO1. The van der Waals surface area contributed by atoms with E-state index in [0.717, 1.165) is 45.2 Å². The molecule has 0 bridgehead atoms. The lowest BCUT2D eigenvalue weighted by atomic mass is 10.1. The average Bonchev–Trinajstić information content (AvgIpc) is 3.10. The number of fused-ring (bicyclic) bond motifs is 1. The topological polar surface area (TPSA) is 52.1 Å². The van der Waals surface area contributed by atoms with Crippen LogP contribution in [-0.4, -0.2) is 86.9 Å². The standard InChI is InChI=1S/C19H39N5O/c1-5-23(6-2)11-7-9-16(3)22-19(20-4)21-13-18-14-24-12-8-10-17(24)15-25-18/h16-18H,5-15H2,1-4H3,(H2,20,21,22). The van der Waals surface area contributed by atoms with Crippen LogP contribution in [0.2, 0.25) is 0 Å². The van der Waals surface area contributed by atoms with Crippen LogP contribution in [0.1, 0.15) is 46.5 Å². The zero-order valence-electron chi connectivity index (χ0n) is 16.8. The van der Waals surface area contributed by atoms with E-state index < -0.39 is 0 Å². The Morgan fingerprint density at radius 3 is 2.88 bits per heavy atom. The maximum absolute atomic E-state index is 6.02. The number of ether oxygens (including phenoxy) is 1. The van der Waals surface area contributed by atoms with Crippen molar-refractivity contribution < 1.29 is 4.74 Å². The fraction of sp³-hybridized carbons (Fsp3) is 0.947. The van der Waals surface area contributed by atoms with Crippen LogP contribution in [0, 0.1) is 0 Å². The summed E-state index contributed by atoms with van der Waals surface area (Å²) in [5.41, 5.74) is 0. The lowest BCUT2D eigenvalue weighted by molar-refractivity contribution is -0.0453. The Balaban J connectivity index is 1.63. The first-order chi connectivity index (χ1) is 12.2. The van der Waals surface area contributed by atoms with E-state index in [4.69, 9.17) is 4.74 Å². The number of aliphatic imine (C=N–C) groups is 1. The summed E-state index contributed by atoms with van der Waals surface area (Å²) in [6.45, 7) is 14.2. The Morgan fingerprint density at radius 1 is 1.36 bits per heavy atom. The van der Waals surface area contributed by atoms with E-state index >= 15 is 0 Å². The average molecular weight is 354 g/mol. The molecule has 25 heavy (non-hydrogen) atoms. The molecule has 2 aliphatic heterocycles. The highest BCUT2D eigenvalue weighted by molar-refractivity contribution is 5.79. The van der Waals surface area contributed by atoms with Crippen molar-refractivity contribution in [3.8, 4) is 0 Å². The highest BCUT2D eigenvalue weighted by Gasteiger charge is 2.32. The molecule has 2 heterocycles. The van der Waals surface area contributed by atoms with Crippen molar-refractivity contribution in [1.29, 1.82) is 0 Å². The van der Waals surface area contributed by atoms with Gasteiger partial charge in [0.2, 0.25) is 0 Å². The zero-order chi connectivity index (χ0) is 18.1. The monoisotopic (exact) mass is 353 g/mol. The van der Waals surface area contributed by atoms with Gasteiger partial charge < -0.3 is 20.3 Å². The van der Waals surface area contributed by atoms with Crippen molar-refractivity contribution in [3.05, 3.63) is 0 Å². The summed E-state index contributed by atoms with van der Waals surface area (Å²) in [5, 5.41) is 6.96. The zero-order valence-corrected chi connectivity index (χ0v) is 16.8. The first kappa shape index (κ1) is 20.5. The second-order valence-corrected chi connectivity index (χ2v) is 7.41. The Kier molecular flexibility index (Phi) is 8.99. The van der Waals surface area contributed by atoms with Gasteiger partial charge in [0, 0.05) is 32.2 Å². The van der Waals surface area contributed by atoms with Gasteiger partial charge in [-0.1, -0.05) is 13.8 Å². The first-order valence-electron chi connectivity index (χ1n) is 10.2. The summed E-state index contributed by atoms with van der Waals surface area (Å²) in [4.78, 5) is 9.43. The molecule has 0 saturated carbocycles. The molecule has 2 N–H and O–H groups in total. The van der Waals surface area contributed by atoms with Crippen LogP contribution in [0.3, 0.4) is 0 Å². The Bertz CT molecular complexity index is 399. The summed E-state index contributed by atoms with van der Waals surface area (Å²) in [7, 11) is 1.84. The van der Waals surface area contributed by atoms with Gasteiger partial charge >= 0.3 is 0 Å². The minimum atomic E-state index is 0.269. The molecule has 146 valence electrons. The molecule has 2 rings (SSSR count). The summed E-state index contributed by atoms with van der Waals surface area (Å²) in [6, 6.07) is 1.09. The van der Waals surface area contributed by atoms with E-state index in [0.29, 0.717) is 12.1 Å². The predicted molar refractivity (Wildman–Crippen MR) is 105 cm³/mol. The second kappa shape index (κ2) is 11.0. The predicted octanol–water partition coefficient (Wildman–Crippen LogP) is 1.53. The normalized spacial score (nSPS) is 25.9. The van der Waals surface area contributed by atoms with E-state index in [2.05, 4.69) is 46.2 Å². The second-order valence-electron chi connectivity index (χ2n) is 7.41. The smallest absolute Gasteiger partial charge is 0.191 e. The molecule has 6 nitrogen and oxygen atoms in total. The summed E-state index contributed by atoms with van der Waals surface area (Å²) >= 11 is 0. The molecular weight excluding hydrogens is 314 g/mol. The number of rotatable bonds is 9. The highest BCUT2D eigenvalue weighted by atomic mass is 16.5. The summed E-state index contributed by atoms with van der Waals surface area (Å²) in [5.74, 6) is 0.891. The quantitative estimate of drug-likeness (QED) is 0.486. The van der Waals surface area contributed by atoms with Crippen molar-refractivity contribution in [2.45, 2.75) is 64.6 Å². The van der Waals surface area contributed by atoms with E-state index in [1.807, 2.05) is 7.05 Å². The van der Waals surface area contributed by atoms with Crippen molar-refractivity contribution in [3.63, 3.8) is 0 Å². The van der Waals surface area contributed by atoms with Gasteiger partial charge in [-0.3, -0.25) is 9.89 Å². The van der Waals surface area contributed by atoms with Gasteiger partial charge in [-0.2, -0.15) is 0 Å². The summed E-state index contributed by atoms with van der Waals surface area (Å²) < 4.78 is 6.02. The lowest BCUT2D eigenvalue weighted by Crippen LogP contribution is -2.52. The van der Waals surface area contributed by atoms with E-state index in [1.54, 1.807) is 0 Å². The summed E-state index contributed by atoms with van der Waals surface area (Å²) in [6.07, 6.45) is 5.27. The van der Waals surface area contributed by atoms with Crippen LogP contribution in [0.5, 0.6) is 0 Å². The first-order valence-corrected chi connectivity index (χ1v) is 10.2. The molecule has 0 aromatic rings. The molecule has 0 aliphatic carbocycles. The number of nitrogens with one attached hydrogen (secondary N) is 2. The van der Waals surface area contributed by atoms with E-state index in [-0.39, 0.29) is 6.10 Å². The molecule has 2 aliphatic rings. The van der Waals surface area contributed by atoms with Crippen molar-refractivity contribution in [2.75, 3.05) is 52.9 Å². The molecule has 2 fully saturated rings. The fourth-order valence-corrected chi connectivity index (χ4v) is 3.88. The van der Waals surface area contributed by atoms with E-state index in [9.17, 15) is 0 Å². The maximum atomic E-state index is 6.02. The van der Waals surface area contributed by atoms with Gasteiger partial charge in [-0.05, 0) is 58.8 Å². The molecular formula is C19H39N5O. The molecule has 0 radical (unpaired) electrons. The Labute approximate surface area is 154 Å². The molecule has 0 aromatic heterocycles. The minimum absolute atomic E-state index is 0.269. The van der Waals surface area contributed by atoms with Crippen LogP contribution < -0.4 is 10.6 Å². The third kappa shape index (κ3) is 6.76. The highest BCUT2D eigenvalue weighted by Crippen LogP contribution is 2.22. The molecule has 6 heteroatoms. The lowest BCUT2D eigenvalue weighted by Gasteiger charge is -2.35. The van der Waals surface area contributed by atoms with Crippen molar-refractivity contribution in [2.24, 2.45) is 4.99 Å². The minimum Gasteiger partial charge on any atom is -0.373 e. The number of guanidine groups is 1. The van der Waals surface area contributed by atoms with E-state index in [1.165, 1.54) is 32.4 Å². The van der Waals surface area contributed by atoms with Gasteiger partial charge in [0.05, 0.1) is 12.7 Å². The molecule has 3 unspecified atom stereocenters. The molecule has 3 atom stereocenters. The molecule has 2 saturated heterocycles. The Hall–Kier alpha value is -0.850. The van der Waals surface area contributed by atoms with Crippen LogP contribution in [0.25, 0.3) is 0 Å². The fourth-order valence-electron chi connectivity index (χ4n) is 3.88. The van der Waals surface area contributed by atoms with Crippen LogP contribution in [-0.2, 0) is 4.74 Å². The van der Waals surface area contributed by atoms with Crippen molar-refractivity contribution >= 4 is 5.96 Å². The maximum Gasteiger partial charge on any atom is 0.191 e. The van der Waals surface area contributed by atoms with Gasteiger partial charge in [-0.15, -0.1) is 0 Å². The number of nitrogens with zero attached hydrogens (tertiary/aromatic N) is 3. The molecule has 0 aromatic carbocycles. The molecule has 0 spiro atoms. The van der Waals surface area contributed by atoms with Crippen LogP contribution >= 0.6 is 0 Å². The van der Waals surface area contributed by atoms with Crippen molar-refractivity contribution in [1.82, 2.24) is 20.4 Å². The number of hydrogen-bond acceptors (Lipinski definition) is 4. The third-order valence-corrected chi connectivity index (χ3v) is 5.57. The Morgan fingerprint density at radius 2 is 2.16 bits per heavy atom. The van der Waals surface area contributed by atoms with Gasteiger partial charge in [0.1, 0.15) is 0 Å². The van der Waals surface area contributed by atoms with Gasteiger partial charge in [0.15, 0.2) is 5.96 Å².